The van der Waals surface area contributed by atoms with Gasteiger partial charge in [-0.1, -0.05) is 129 Å². The third-order valence-electron chi connectivity index (χ3n) is 9.57. The van der Waals surface area contributed by atoms with Gasteiger partial charge in [0.1, 0.15) is 0 Å². The fourth-order valence-electron chi connectivity index (χ4n) is 6.21. The van der Waals surface area contributed by atoms with Gasteiger partial charge in [-0.2, -0.15) is 8.42 Å². The maximum absolute atomic E-state index is 13.1. The van der Waals surface area contributed by atoms with Crippen LogP contribution in [-0.4, -0.2) is 90.4 Å². The van der Waals surface area contributed by atoms with Crippen molar-refractivity contribution in [2.75, 3.05) is 13.2 Å². The van der Waals surface area contributed by atoms with E-state index in [9.17, 15) is 71.8 Å². The van der Waals surface area contributed by atoms with Gasteiger partial charge in [0, 0.05) is 24.8 Å². The molecule has 0 amide bonds. The van der Waals surface area contributed by atoms with Crippen LogP contribution in [0.5, 0.6) is 0 Å². The normalized spacial score (nSPS) is 13.0. The Balaban J connectivity index is -0.00000290. The molecule has 3 atom stereocenters. The van der Waals surface area contributed by atoms with E-state index in [1.165, 1.54) is 12.8 Å². The summed E-state index contributed by atoms with van der Waals surface area (Å²) in [5, 5.41) is 44.1. The number of unbranched alkanes of at least 4 members (excludes halogenated alkanes) is 18. The molecule has 0 rings (SSSR count). The van der Waals surface area contributed by atoms with Crippen LogP contribution in [0.1, 0.15) is 174 Å². The first-order valence-corrected chi connectivity index (χ1v) is 22.3. The van der Waals surface area contributed by atoms with Crippen LogP contribution < -0.4 is 139 Å². The van der Waals surface area contributed by atoms with Crippen LogP contribution in [0.15, 0.2) is 0 Å². The Morgan fingerprint density at radius 2 is 0.766 bits per heavy atom. The maximum Gasteiger partial charge on any atom is 1.00 e. The Morgan fingerprint density at radius 1 is 0.469 bits per heavy atom. The molecule has 0 heterocycles. The molecule has 64 heavy (non-hydrogen) atoms. The van der Waals surface area contributed by atoms with Gasteiger partial charge in [-0.15, -0.1) is 0 Å². The minimum absolute atomic E-state index is 0. The number of carbonyl (C=O) groups is 8. The Bertz CT molecular complexity index is 1500. The van der Waals surface area contributed by atoms with Crippen LogP contribution in [0.3, 0.4) is 0 Å². The van der Waals surface area contributed by atoms with Crippen molar-refractivity contribution in [3.05, 3.63) is 0 Å². The second-order valence-corrected chi connectivity index (χ2v) is 16.5. The number of aliphatic carboxylic acids is 4. The topological polar surface area (TPSA) is 320 Å². The smallest absolute Gasteiger partial charge is 0.550 e. The summed E-state index contributed by atoms with van der Waals surface area (Å²) in [5.74, 6) is -16.7. The van der Waals surface area contributed by atoms with Crippen molar-refractivity contribution < 1.29 is 209 Å². The summed E-state index contributed by atoms with van der Waals surface area (Å²) in [6, 6.07) is 0. The fourth-order valence-corrected chi connectivity index (χ4v) is 6.84. The van der Waals surface area contributed by atoms with Crippen molar-refractivity contribution in [3.8, 4) is 0 Å². The molecule has 1 N–H and O–H groups in total. The molecule has 24 heteroatoms. The molecule has 0 radical (unpaired) electrons. The van der Waals surface area contributed by atoms with Gasteiger partial charge in [-0.3, -0.25) is 23.7 Å². The molecule has 0 fully saturated rings. The zero-order valence-corrected chi connectivity index (χ0v) is 47.7. The molecule has 0 aliphatic heterocycles. The fraction of sp³-hybridized carbons (Fsp3) is 0.800. The van der Waals surface area contributed by atoms with Crippen molar-refractivity contribution in [3.63, 3.8) is 0 Å². The van der Waals surface area contributed by atoms with E-state index in [1.54, 1.807) is 0 Å². The van der Waals surface area contributed by atoms with Gasteiger partial charge in [0.25, 0.3) is 10.1 Å². The number of carboxylic acid groups (broad SMARTS) is 4. The van der Waals surface area contributed by atoms with Crippen molar-refractivity contribution in [1.82, 2.24) is 0 Å². The minimum atomic E-state index is -5.85. The van der Waals surface area contributed by atoms with Crippen molar-refractivity contribution in [1.29, 1.82) is 0 Å². The standard InChI is InChI=1S/C40H66O19S.4Na/c1-3-5-7-9-11-13-15-17-19-21-23-56-34(46)28-39(37(49)50,26-31(41)42)58-33(45)25-30(60(53,54)55)36(48)59-40(38(51)52,27-32(43)44)29-35(47)57-24-22-20-18-16-14-12-10-8-6-4-2;;;;/h30H,3-29H2,1-2H3,(H,41,42)(H,43,44)(H,49,50)(H,51,52)(H,53,54,55);;;;/q;4*+1/p-4. The summed E-state index contributed by atoms with van der Waals surface area (Å²) < 4.78 is 53.4. The van der Waals surface area contributed by atoms with E-state index in [0.29, 0.717) is 25.7 Å². The largest absolute Gasteiger partial charge is 1.00 e. The van der Waals surface area contributed by atoms with Gasteiger partial charge in [0.15, 0.2) is 16.5 Å². The maximum atomic E-state index is 13.1. The summed E-state index contributed by atoms with van der Waals surface area (Å²) in [5.41, 5.74) is -6.92. The Hall–Kier alpha value is -0.330. The molecule has 0 aliphatic carbocycles. The molecule has 19 nitrogen and oxygen atoms in total. The molecular formula is C40H62Na4O19S. The average molecular weight is 971 g/mol. The molecular weight excluding hydrogens is 908 g/mol. The van der Waals surface area contributed by atoms with Crippen LogP contribution in [0.25, 0.3) is 0 Å². The van der Waals surface area contributed by atoms with Crippen molar-refractivity contribution >= 4 is 57.9 Å². The number of hydrogen-bond donors (Lipinski definition) is 1. The predicted molar refractivity (Wildman–Crippen MR) is 202 cm³/mol. The molecule has 3 unspecified atom stereocenters. The number of carboxylic acids is 4. The first-order valence-electron chi connectivity index (χ1n) is 20.8. The quantitative estimate of drug-likeness (QED) is 0.0197. The number of esters is 4. The number of rotatable bonds is 38. The van der Waals surface area contributed by atoms with E-state index in [2.05, 4.69) is 23.3 Å². The monoisotopic (exact) mass is 970 g/mol. The Kier molecular flexibility index (Phi) is 47.3. The van der Waals surface area contributed by atoms with Crippen LogP contribution in [0.4, 0.5) is 0 Å². The summed E-state index contributed by atoms with van der Waals surface area (Å²) in [4.78, 5) is 98.5. The van der Waals surface area contributed by atoms with E-state index < -0.39 is 106 Å². The third-order valence-corrected chi connectivity index (χ3v) is 10.6. The van der Waals surface area contributed by atoms with Crippen LogP contribution in [0, 0.1) is 0 Å². The van der Waals surface area contributed by atoms with E-state index >= 15 is 0 Å². The molecule has 0 aromatic carbocycles. The van der Waals surface area contributed by atoms with Gasteiger partial charge < -0.3 is 58.6 Å². The molecule has 0 saturated heterocycles. The third kappa shape index (κ3) is 34.0. The van der Waals surface area contributed by atoms with E-state index in [0.717, 1.165) is 89.9 Å². The van der Waals surface area contributed by atoms with E-state index in [-0.39, 0.29) is 131 Å². The first-order chi connectivity index (χ1) is 28.2. The summed E-state index contributed by atoms with van der Waals surface area (Å²) >= 11 is 0. The molecule has 0 aromatic rings. The van der Waals surface area contributed by atoms with E-state index in [1.807, 2.05) is 0 Å². The first kappa shape index (κ1) is 72.6. The van der Waals surface area contributed by atoms with Crippen molar-refractivity contribution in [2.45, 2.75) is 191 Å². The van der Waals surface area contributed by atoms with Gasteiger partial charge in [-0.25, -0.2) is 0 Å². The van der Waals surface area contributed by atoms with Crippen molar-refractivity contribution in [2.24, 2.45) is 0 Å². The van der Waals surface area contributed by atoms with Gasteiger partial charge in [0.05, 0.1) is 44.4 Å². The Labute approximate surface area is 465 Å². The zero-order valence-electron chi connectivity index (χ0n) is 38.9. The number of hydrogen-bond acceptors (Lipinski definition) is 18. The summed E-state index contributed by atoms with van der Waals surface area (Å²) in [6.07, 6.45) is 10.3. The second kappa shape index (κ2) is 41.6. The summed E-state index contributed by atoms with van der Waals surface area (Å²) in [7, 11) is -5.85. The van der Waals surface area contributed by atoms with E-state index in [4.69, 9.17) is 9.47 Å². The number of ether oxygens (including phenoxy) is 4. The molecule has 0 saturated carbocycles. The van der Waals surface area contributed by atoms with Gasteiger partial charge >= 0.3 is 142 Å². The van der Waals surface area contributed by atoms with Gasteiger partial charge in [-0.05, 0) is 12.8 Å². The zero-order chi connectivity index (χ0) is 45.6. The molecule has 0 aliphatic rings. The second-order valence-electron chi connectivity index (χ2n) is 14.9. The Morgan fingerprint density at radius 3 is 1.05 bits per heavy atom. The minimum Gasteiger partial charge on any atom is -0.550 e. The van der Waals surface area contributed by atoms with Crippen LogP contribution >= 0.6 is 0 Å². The number of carbonyl (C=O) groups excluding carboxylic acids is 8. The molecule has 0 aromatic heterocycles. The molecule has 0 bridgehead atoms. The molecule has 346 valence electrons. The van der Waals surface area contributed by atoms with Gasteiger partial charge in [0.2, 0.25) is 0 Å². The summed E-state index contributed by atoms with van der Waals surface area (Å²) in [6.45, 7) is 3.75. The van der Waals surface area contributed by atoms with Crippen LogP contribution in [0.2, 0.25) is 0 Å². The molecule has 0 spiro atoms. The average Bonchev–Trinajstić information content (AvgIpc) is 3.13. The van der Waals surface area contributed by atoms with Crippen LogP contribution in [-0.2, 0) is 67.4 Å². The SMILES string of the molecule is CCCCCCCCCCCCOC(=O)CC(CC(=O)[O-])(OC(=O)CC(C(=O)OC(CC(=O)[O-])(CC(=O)OCCCCCCCCCCCC)C(=O)[O-])S(=O)(=O)O)C(=O)[O-].[Na+].[Na+].[Na+].[Na+]. The predicted octanol–water partition coefficient (Wildman–Crippen LogP) is -11.3.